The third-order valence-electron chi connectivity index (χ3n) is 6.44. The van der Waals surface area contributed by atoms with Crippen LogP contribution in [0.3, 0.4) is 0 Å². The molecule has 8 heteroatoms. The Morgan fingerprint density at radius 1 is 1.03 bits per heavy atom. The summed E-state index contributed by atoms with van der Waals surface area (Å²) >= 11 is 1.81. The largest absolute Gasteiger partial charge is 0.327 e. The van der Waals surface area contributed by atoms with Gasteiger partial charge in [-0.25, -0.2) is 4.79 Å². The van der Waals surface area contributed by atoms with Crippen LogP contribution in [0.5, 0.6) is 0 Å². The second-order valence-electron chi connectivity index (χ2n) is 8.79. The van der Waals surface area contributed by atoms with E-state index in [-0.39, 0.29) is 35.6 Å². The Kier molecular flexibility index (Phi) is 6.39. The summed E-state index contributed by atoms with van der Waals surface area (Å²) in [6, 6.07) is 6.24. The summed E-state index contributed by atoms with van der Waals surface area (Å²) in [5, 5.41) is 7.16. The highest BCUT2D eigenvalue weighted by atomic mass is 32.2. The molecule has 4 atom stereocenters. The monoisotopic (exact) mass is 431 g/mol. The van der Waals surface area contributed by atoms with Crippen molar-refractivity contribution in [2.45, 2.75) is 44.4 Å². The molecule has 3 heterocycles. The molecule has 0 saturated carbocycles. The van der Waals surface area contributed by atoms with Crippen LogP contribution in [0.15, 0.2) is 18.2 Å². The molecular weight excluding hydrogens is 398 g/mol. The lowest BCUT2D eigenvalue weighted by Gasteiger charge is -2.50. The zero-order valence-electron chi connectivity index (χ0n) is 18.4. The van der Waals surface area contributed by atoms with Gasteiger partial charge in [-0.2, -0.15) is 0 Å². The number of urea groups is 1. The minimum Gasteiger partial charge on any atom is -0.311 e. The van der Waals surface area contributed by atoms with E-state index in [0.29, 0.717) is 0 Å². The SMILES string of the molecule is Cc1cc(C)cc(C2NC(SCCN3CCCC3)C3C(=O)N(C)C(=O)N(C)C3N2)c1. The van der Waals surface area contributed by atoms with E-state index in [4.69, 9.17) is 0 Å². The summed E-state index contributed by atoms with van der Waals surface area (Å²) in [5.74, 6) is 0.541. The Bertz CT molecular complexity index is 792. The van der Waals surface area contributed by atoms with Crippen molar-refractivity contribution >= 4 is 23.7 Å². The Hall–Kier alpha value is -1.61. The molecule has 1 aromatic rings. The fourth-order valence-corrected chi connectivity index (χ4v) is 6.20. The zero-order chi connectivity index (χ0) is 21.4. The molecule has 3 aliphatic rings. The summed E-state index contributed by atoms with van der Waals surface area (Å²) in [6.07, 6.45) is 2.14. The van der Waals surface area contributed by atoms with Crippen molar-refractivity contribution in [2.24, 2.45) is 5.92 Å². The number of carbonyl (C=O) groups is 2. The summed E-state index contributed by atoms with van der Waals surface area (Å²) in [5.41, 5.74) is 3.55. The van der Waals surface area contributed by atoms with Gasteiger partial charge in [0.2, 0.25) is 5.91 Å². The molecule has 3 amide bonds. The Morgan fingerprint density at radius 3 is 2.37 bits per heavy atom. The molecule has 4 unspecified atom stereocenters. The quantitative estimate of drug-likeness (QED) is 0.744. The number of fused-ring (bicyclic) bond motifs is 1. The molecule has 0 bridgehead atoms. The summed E-state index contributed by atoms with van der Waals surface area (Å²) in [4.78, 5) is 31.1. The van der Waals surface area contributed by atoms with Gasteiger partial charge < -0.3 is 9.80 Å². The number of imide groups is 1. The average molecular weight is 432 g/mol. The lowest BCUT2D eigenvalue weighted by atomic mass is 9.95. The van der Waals surface area contributed by atoms with Crippen molar-refractivity contribution in [1.82, 2.24) is 25.3 Å². The molecule has 7 nitrogen and oxygen atoms in total. The fourth-order valence-electron chi connectivity index (χ4n) is 4.88. The minimum absolute atomic E-state index is 0.0600. The Morgan fingerprint density at radius 2 is 1.70 bits per heavy atom. The first-order valence-corrected chi connectivity index (χ1v) is 11.9. The molecule has 3 fully saturated rings. The smallest absolute Gasteiger partial charge is 0.311 e. The van der Waals surface area contributed by atoms with Crippen molar-refractivity contribution in [3.63, 3.8) is 0 Å². The number of hydrogen-bond acceptors (Lipinski definition) is 6. The van der Waals surface area contributed by atoms with E-state index >= 15 is 0 Å². The van der Waals surface area contributed by atoms with Gasteiger partial charge in [0.05, 0.1) is 23.6 Å². The molecule has 164 valence electrons. The molecule has 1 aromatic carbocycles. The molecule has 4 rings (SSSR count). The van der Waals surface area contributed by atoms with Gasteiger partial charge in [-0.05, 0) is 45.3 Å². The molecule has 0 radical (unpaired) electrons. The van der Waals surface area contributed by atoms with E-state index in [1.165, 1.54) is 42.0 Å². The topological polar surface area (TPSA) is 67.9 Å². The molecule has 0 aliphatic carbocycles. The number of carbonyl (C=O) groups excluding carboxylic acids is 2. The third kappa shape index (κ3) is 4.23. The number of amides is 3. The van der Waals surface area contributed by atoms with Crippen LogP contribution < -0.4 is 10.6 Å². The standard InChI is InChI=1S/C22H33N5O2S/c1-14-11-15(2)13-16(12-14)18-23-19-17(21(28)26(4)22(29)25(19)3)20(24-18)30-10-9-27-7-5-6-8-27/h11-13,17-20,23-24H,5-10H2,1-4H3. The van der Waals surface area contributed by atoms with Crippen LogP contribution in [-0.2, 0) is 4.79 Å². The highest BCUT2D eigenvalue weighted by molar-refractivity contribution is 7.99. The lowest BCUT2D eigenvalue weighted by molar-refractivity contribution is -0.140. The number of benzene rings is 1. The van der Waals surface area contributed by atoms with Crippen molar-refractivity contribution < 1.29 is 9.59 Å². The zero-order valence-corrected chi connectivity index (χ0v) is 19.2. The number of nitrogens with zero attached hydrogens (tertiary/aromatic N) is 3. The van der Waals surface area contributed by atoms with E-state index < -0.39 is 0 Å². The van der Waals surface area contributed by atoms with E-state index in [1.807, 2.05) is 11.8 Å². The molecule has 3 saturated heterocycles. The van der Waals surface area contributed by atoms with Gasteiger partial charge in [-0.3, -0.25) is 20.3 Å². The predicted octanol–water partition coefficient (Wildman–Crippen LogP) is 2.12. The maximum Gasteiger partial charge on any atom is 0.327 e. The van der Waals surface area contributed by atoms with E-state index in [9.17, 15) is 9.59 Å². The summed E-state index contributed by atoms with van der Waals surface area (Å²) in [7, 11) is 3.37. The number of hydrogen-bond donors (Lipinski definition) is 2. The predicted molar refractivity (Wildman–Crippen MR) is 120 cm³/mol. The van der Waals surface area contributed by atoms with Gasteiger partial charge in [0.1, 0.15) is 0 Å². The van der Waals surface area contributed by atoms with Crippen LogP contribution in [0.4, 0.5) is 4.79 Å². The molecule has 3 aliphatic heterocycles. The second-order valence-corrected chi connectivity index (χ2v) is 10.0. The third-order valence-corrected chi connectivity index (χ3v) is 7.64. The van der Waals surface area contributed by atoms with E-state index in [2.05, 4.69) is 47.6 Å². The summed E-state index contributed by atoms with van der Waals surface area (Å²) < 4.78 is 0. The first kappa shape index (κ1) is 21.6. The fraction of sp³-hybridized carbons (Fsp3) is 0.636. The average Bonchev–Trinajstić information content (AvgIpc) is 3.23. The lowest BCUT2D eigenvalue weighted by Crippen LogP contribution is -2.72. The molecule has 0 spiro atoms. The van der Waals surface area contributed by atoms with Crippen molar-refractivity contribution in [2.75, 3.05) is 39.5 Å². The van der Waals surface area contributed by atoms with Gasteiger partial charge in [0, 0.05) is 26.4 Å². The normalized spacial score (nSPS) is 30.1. The van der Waals surface area contributed by atoms with Crippen molar-refractivity contribution in [3.8, 4) is 0 Å². The van der Waals surface area contributed by atoms with Crippen LogP contribution in [0.1, 0.15) is 35.7 Å². The molecule has 2 N–H and O–H groups in total. The molecular formula is C22H33N5O2S. The Balaban J connectivity index is 1.57. The van der Waals surface area contributed by atoms with Crippen molar-refractivity contribution in [3.05, 3.63) is 34.9 Å². The van der Waals surface area contributed by atoms with Gasteiger partial charge in [-0.15, -0.1) is 11.8 Å². The van der Waals surface area contributed by atoms with Crippen LogP contribution in [0.25, 0.3) is 0 Å². The van der Waals surface area contributed by atoms with Gasteiger partial charge in [-0.1, -0.05) is 29.3 Å². The number of thioether (sulfide) groups is 1. The molecule has 30 heavy (non-hydrogen) atoms. The van der Waals surface area contributed by atoms with Gasteiger partial charge >= 0.3 is 6.03 Å². The van der Waals surface area contributed by atoms with Crippen molar-refractivity contribution in [1.29, 1.82) is 0 Å². The first-order chi connectivity index (χ1) is 14.3. The number of likely N-dealkylation sites (tertiary alicyclic amines) is 1. The van der Waals surface area contributed by atoms with Gasteiger partial charge in [0.15, 0.2) is 0 Å². The highest BCUT2D eigenvalue weighted by Crippen LogP contribution is 2.34. The number of rotatable bonds is 5. The van der Waals surface area contributed by atoms with Crippen LogP contribution in [0.2, 0.25) is 0 Å². The summed E-state index contributed by atoms with van der Waals surface area (Å²) in [6.45, 7) is 7.59. The number of aryl methyl sites for hydroxylation is 2. The first-order valence-electron chi connectivity index (χ1n) is 10.8. The minimum atomic E-state index is -0.322. The maximum atomic E-state index is 13.1. The van der Waals surface area contributed by atoms with Crippen LogP contribution >= 0.6 is 11.8 Å². The van der Waals surface area contributed by atoms with Gasteiger partial charge in [0.25, 0.3) is 0 Å². The van der Waals surface area contributed by atoms with E-state index in [0.717, 1.165) is 17.9 Å². The highest BCUT2D eigenvalue weighted by Gasteiger charge is 2.51. The van der Waals surface area contributed by atoms with E-state index in [1.54, 1.807) is 19.0 Å². The molecule has 0 aromatic heterocycles. The Labute approximate surface area is 183 Å². The van der Waals surface area contributed by atoms with Crippen LogP contribution in [-0.4, -0.2) is 77.7 Å². The van der Waals surface area contributed by atoms with Crippen LogP contribution in [0, 0.1) is 19.8 Å². The number of nitrogens with one attached hydrogen (secondary N) is 2. The maximum absolute atomic E-state index is 13.1. The second kappa shape index (κ2) is 8.86.